The number of aromatic nitrogens is 2. The molecule has 0 atom stereocenters. The van der Waals surface area contributed by atoms with Gasteiger partial charge in [-0.3, -0.25) is 0 Å². The van der Waals surface area contributed by atoms with Gasteiger partial charge in [0.25, 0.3) is 0 Å². The van der Waals surface area contributed by atoms with Crippen molar-refractivity contribution in [2.75, 3.05) is 11.4 Å². The minimum absolute atomic E-state index is 0.588. The van der Waals surface area contributed by atoms with Crippen molar-refractivity contribution >= 4 is 17.2 Å². The highest BCUT2D eigenvalue weighted by atomic mass is 32.1. The predicted octanol–water partition coefficient (Wildman–Crippen LogP) is 9.83. The third kappa shape index (κ3) is 6.16. The topological polar surface area (TPSA) is 29.0 Å². The van der Waals surface area contributed by atoms with Gasteiger partial charge in [0.15, 0.2) is 0 Å². The van der Waals surface area contributed by atoms with Crippen molar-refractivity contribution in [1.82, 2.24) is 9.97 Å². The fourth-order valence-electron chi connectivity index (χ4n) is 6.98. The van der Waals surface area contributed by atoms with Crippen LogP contribution >= 0.6 is 11.3 Å². The quantitative estimate of drug-likeness (QED) is 0.271. The van der Waals surface area contributed by atoms with Crippen molar-refractivity contribution in [2.24, 2.45) is 11.8 Å². The number of aryl methyl sites for hydroxylation is 2. The molecule has 0 radical (unpaired) electrons. The molecule has 0 saturated heterocycles. The number of benzene rings is 1. The molecule has 0 bridgehead atoms. The Bertz CT molecular complexity index is 1270. The molecule has 3 saturated carbocycles. The number of anilines is 1. The molecule has 3 aliphatic carbocycles. The highest BCUT2D eigenvalue weighted by Gasteiger charge is 2.29. The maximum atomic E-state index is 4.94. The number of allylic oxidation sites excluding steroid dienone is 1. The van der Waals surface area contributed by atoms with Crippen LogP contribution in [0.5, 0.6) is 0 Å². The molecule has 4 heteroatoms. The first-order valence-corrected chi connectivity index (χ1v) is 16.4. The summed E-state index contributed by atoms with van der Waals surface area (Å²) in [7, 11) is 0. The molecule has 3 aromatic rings. The number of pyridine rings is 1. The smallest absolute Gasteiger partial charge is 0.133 e. The molecule has 2 heterocycles. The summed E-state index contributed by atoms with van der Waals surface area (Å²) in [5.41, 5.74) is 7.05. The number of rotatable bonds is 9. The van der Waals surface area contributed by atoms with Crippen LogP contribution in [0.1, 0.15) is 111 Å². The number of hydrogen-bond acceptors (Lipinski definition) is 4. The van der Waals surface area contributed by atoms with Crippen LogP contribution in [-0.2, 0) is 6.42 Å². The fraction of sp³-hybridized carbons (Fsp3) is 0.543. The molecule has 3 fully saturated rings. The van der Waals surface area contributed by atoms with Crippen molar-refractivity contribution in [3.05, 3.63) is 76.7 Å². The Morgan fingerprint density at radius 3 is 2.41 bits per heavy atom. The lowest BCUT2D eigenvalue weighted by Gasteiger charge is -2.37. The van der Waals surface area contributed by atoms with Gasteiger partial charge in [0.05, 0.1) is 9.88 Å². The third-order valence-electron chi connectivity index (χ3n) is 9.69. The Balaban J connectivity index is 1.19. The van der Waals surface area contributed by atoms with E-state index >= 15 is 0 Å². The predicted molar refractivity (Wildman–Crippen MR) is 166 cm³/mol. The minimum Gasteiger partial charge on any atom is -0.330 e. The van der Waals surface area contributed by atoms with Gasteiger partial charge in [0.1, 0.15) is 5.82 Å². The Labute approximate surface area is 239 Å². The average molecular weight is 540 g/mol. The molecular weight excluding hydrogens is 494 g/mol. The third-order valence-corrected chi connectivity index (χ3v) is 10.9. The minimum atomic E-state index is 0.588. The van der Waals surface area contributed by atoms with Gasteiger partial charge in [-0.2, -0.15) is 0 Å². The van der Waals surface area contributed by atoms with E-state index in [0.29, 0.717) is 23.7 Å². The molecule has 0 unspecified atom stereocenters. The van der Waals surface area contributed by atoms with Crippen molar-refractivity contribution in [3.8, 4) is 10.4 Å². The highest BCUT2D eigenvalue weighted by molar-refractivity contribution is 7.15. The Morgan fingerprint density at radius 2 is 1.69 bits per heavy atom. The number of nitrogens with zero attached hydrogens (tertiary/aromatic N) is 3. The lowest BCUT2D eigenvalue weighted by molar-refractivity contribution is 0.323. The zero-order chi connectivity index (χ0) is 26.8. The zero-order valence-corrected chi connectivity index (χ0v) is 24.8. The van der Waals surface area contributed by atoms with Crippen LogP contribution in [0.25, 0.3) is 10.4 Å². The van der Waals surface area contributed by atoms with Crippen LogP contribution < -0.4 is 4.90 Å². The largest absolute Gasteiger partial charge is 0.330 e. The number of thiazole rings is 1. The Morgan fingerprint density at radius 1 is 0.923 bits per heavy atom. The normalized spacial score (nSPS) is 22.1. The molecule has 0 spiro atoms. The van der Waals surface area contributed by atoms with E-state index < -0.39 is 0 Å². The van der Waals surface area contributed by atoms with E-state index in [1.165, 1.54) is 103 Å². The molecular formula is C35H45N3S. The van der Waals surface area contributed by atoms with Crippen molar-refractivity contribution in [3.63, 3.8) is 0 Å². The van der Waals surface area contributed by atoms with Gasteiger partial charge in [-0.25, -0.2) is 9.97 Å². The molecule has 2 aromatic heterocycles. The van der Waals surface area contributed by atoms with Crippen LogP contribution in [-0.4, -0.2) is 16.5 Å². The van der Waals surface area contributed by atoms with E-state index in [2.05, 4.69) is 55.3 Å². The molecule has 3 nitrogen and oxygen atoms in total. The van der Waals surface area contributed by atoms with Crippen LogP contribution in [0.15, 0.2) is 55.0 Å². The molecule has 6 rings (SSSR count). The highest BCUT2D eigenvalue weighted by Crippen LogP contribution is 2.44. The summed E-state index contributed by atoms with van der Waals surface area (Å²) in [5, 5.41) is 1.31. The number of hydrogen-bond donors (Lipinski definition) is 0. The SMILES string of the molecule is C=C(C1CCCCC1)N(CC1CCC(c2ccc(CC)c(C)c2)CC1)c1cc(-c2cnc(C3CC3)s2)ccn1. The van der Waals surface area contributed by atoms with Crippen LogP contribution in [0.4, 0.5) is 5.82 Å². The van der Waals surface area contributed by atoms with E-state index in [1.54, 1.807) is 5.56 Å². The first kappa shape index (κ1) is 26.7. The lowest BCUT2D eigenvalue weighted by Crippen LogP contribution is -2.34. The molecule has 206 valence electrons. The first-order valence-electron chi connectivity index (χ1n) is 15.6. The molecule has 0 aliphatic heterocycles. The summed E-state index contributed by atoms with van der Waals surface area (Å²) < 4.78 is 0. The van der Waals surface area contributed by atoms with E-state index in [-0.39, 0.29) is 0 Å². The second-order valence-electron chi connectivity index (χ2n) is 12.4. The molecule has 1 aromatic carbocycles. The van der Waals surface area contributed by atoms with Gasteiger partial charge in [-0.05, 0) is 117 Å². The summed E-state index contributed by atoms with van der Waals surface area (Å²) in [6.45, 7) is 10.3. The van der Waals surface area contributed by atoms with Crippen molar-refractivity contribution < 1.29 is 0 Å². The van der Waals surface area contributed by atoms with Crippen LogP contribution in [0.2, 0.25) is 0 Å². The summed E-state index contributed by atoms with van der Waals surface area (Å²) >= 11 is 1.87. The standard InChI is InChI=1S/C35H45N3S/c1-4-27-14-17-31(20-24(27)2)29-12-10-26(11-13-29)23-38(25(3)28-8-6-5-7-9-28)34-21-32(18-19-36-34)33-22-37-35(39-33)30-15-16-30/h14,17-22,26,28-30H,3-13,15-16,23H2,1-2H3. The average Bonchev–Trinajstić information content (AvgIpc) is 3.72. The van der Waals surface area contributed by atoms with Crippen molar-refractivity contribution in [1.29, 1.82) is 0 Å². The summed E-state index contributed by atoms with van der Waals surface area (Å²) in [6, 6.07) is 11.7. The second kappa shape index (κ2) is 12.0. The van der Waals surface area contributed by atoms with Gasteiger partial charge in [-0.15, -0.1) is 11.3 Å². The van der Waals surface area contributed by atoms with Gasteiger partial charge < -0.3 is 4.90 Å². The van der Waals surface area contributed by atoms with E-state index in [9.17, 15) is 0 Å². The second-order valence-corrected chi connectivity index (χ2v) is 13.5. The summed E-state index contributed by atoms with van der Waals surface area (Å²) in [6.07, 6.45) is 19.5. The van der Waals surface area contributed by atoms with Gasteiger partial charge in [-0.1, -0.05) is 51.0 Å². The molecule has 0 amide bonds. The van der Waals surface area contributed by atoms with Gasteiger partial charge in [0, 0.05) is 30.6 Å². The Hall–Kier alpha value is -2.46. The lowest BCUT2D eigenvalue weighted by atomic mass is 9.77. The molecule has 39 heavy (non-hydrogen) atoms. The summed E-state index contributed by atoms with van der Waals surface area (Å²) in [4.78, 5) is 13.5. The maximum Gasteiger partial charge on any atom is 0.133 e. The van der Waals surface area contributed by atoms with Gasteiger partial charge in [0.2, 0.25) is 0 Å². The molecule has 0 N–H and O–H groups in total. The van der Waals surface area contributed by atoms with Crippen molar-refractivity contribution in [2.45, 2.75) is 103 Å². The van der Waals surface area contributed by atoms with E-state index in [4.69, 9.17) is 16.5 Å². The first-order chi connectivity index (χ1) is 19.1. The van der Waals surface area contributed by atoms with E-state index in [0.717, 1.165) is 18.8 Å². The fourth-order valence-corrected chi connectivity index (χ4v) is 8.06. The van der Waals surface area contributed by atoms with E-state index in [1.807, 2.05) is 17.5 Å². The maximum absolute atomic E-state index is 4.94. The van der Waals surface area contributed by atoms with Gasteiger partial charge >= 0.3 is 0 Å². The zero-order valence-electron chi connectivity index (χ0n) is 24.0. The van der Waals surface area contributed by atoms with Crippen LogP contribution in [0, 0.1) is 18.8 Å². The molecule has 3 aliphatic rings. The monoisotopic (exact) mass is 539 g/mol. The van der Waals surface area contributed by atoms with Crippen LogP contribution in [0.3, 0.4) is 0 Å². The Kier molecular flexibility index (Phi) is 8.20. The summed E-state index contributed by atoms with van der Waals surface area (Å²) in [5.74, 6) is 3.77.